The summed E-state index contributed by atoms with van der Waals surface area (Å²) in [4.78, 5) is 50.6. The van der Waals surface area contributed by atoms with E-state index in [4.69, 9.17) is 14.2 Å². The van der Waals surface area contributed by atoms with E-state index in [0.29, 0.717) is 33.2 Å². The van der Waals surface area contributed by atoms with Gasteiger partial charge in [-0.2, -0.15) is 0 Å². The summed E-state index contributed by atoms with van der Waals surface area (Å²) in [5.41, 5.74) is 1.45. The molecule has 10 heteroatoms. The van der Waals surface area contributed by atoms with Crippen molar-refractivity contribution in [2.75, 3.05) is 31.9 Å². The maximum atomic E-state index is 13.4. The topological polar surface area (TPSA) is 120 Å². The Morgan fingerprint density at radius 1 is 0.875 bits per heavy atom. The fourth-order valence-electron chi connectivity index (χ4n) is 3.50. The number of anilines is 1. The summed E-state index contributed by atoms with van der Waals surface area (Å²) in [7, 11) is 3.03. The Labute approximate surface area is 236 Å². The standard InChI is InChI=1S/C30H30N2O7S/c1-4-39-28(34)18-23(33)19-40-24-12-8-11-22(17-24)31-30(36)25(32-29(35)21-9-6-5-7-10-21)15-20-13-14-26(37-2)27(16-20)38-3/h5-17H,4,18-19H2,1-3H3,(H,31,36)(H,32,35)/b25-15+. The molecular formula is C30H30N2O7S. The smallest absolute Gasteiger partial charge is 0.313 e. The molecule has 0 atom stereocenters. The van der Waals surface area contributed by atoms with E-state index < -0.39 is 17.8 Å². The highest BCUT2D eigenvalue weighted by molar-refractivity contribution is 8.00. The van der Waals surface area contributed by atoms with E-state index in [9.17, 15) is 19.2 Å². The van der Waals surface area contributed by atoms with Crippen LogP contribution in [0.3, 0.4) is 0 Å². The van der Waals surface area contributed by atoms with Gasteiger partial charge in [-0.05, 0) is 61.0 Å². The number of nitrogens with one attached hydrogen (secondary N) is 2. The van der Waals surface area contributed by atoms with Crippen LogP contribution in [-0.2, 0) is 19.1 Å². The zero-order valence-corrected chi connectivity index (χ0v) is 23.2. The minimum Gasteiger partial charge on any atom is -0.493 e. The number of carbonyl (C=O) groups excluding carboxylic acids is 4. The number of amides is 2. The molecule has 0 radical (unpaired) electrons. The van der Waals surface area contributed by atoms with Crippen molar-refractivity contribution in [2.45, 2.75) is 18.2 Å². The Morgan fingerprint density at radius 2 is 1.62 bits per heavy atom. The van der Waals surface area contributed by atoms with E-state index in [1.807, 2.05) is 0 Å². The van der Waals surface area contributed by atoms with Crippen molar-refractivity contribution in [1.29, 1.82) is 0 Å². The lowest BCUT2D eigenvalue weighted by molar-refractivity contribution is -0.145. The molecule has 0 spiro atoms. The third-order valence-corrected chi connectivity index (χ3v) is 6.44. The molecule has 0 aliphatic heterocycles. The molecule has 9 nitrogen and oxygen atoms in total. The van der Waals surface area contributed by atoms with Crippen LogP contribution < -0.4 is 20.1 Å². The Bertz CT molecular complexity index is 1390. The zero-order valence-electron chi connectivity index (χ0n) is 22.4. The number of ketones is 1. The zero-order chi connectivity index (χ0) is 28.9. The number of esters is 1. The summed E-state index contributed by atoms with van der Waals surface area (Å²) in [6.45, 7) is 1.90. The number of benzene rings is 3. The number of methoxy groups -OCH3 is 2. The van der Waals surface area contributed by atoms with Gasteiger partial charge in [0, 0.05) is 16.1 Å². The van der Waals surface area contributed by atoms with Crippen LogP contribution >= 0.6 is 11.8 Å². The Morgan fingerprint density at radius 3 is 2.33 bits per heavy atom. The van der Waals surface area contributed by atoms with Crippen LogP contribution in [0, 0.1) is 0 Å². The molecule has 3 aromatic rings. The van der Waals surface area contributed by atoms with Gasteiger partial charge in [0.1, 0.15) is 12.1 Å². The van der Waals surface area contributed by atoms with Crippen LogP contribution in [0.1, 0.15) is 29.3 Å². The number of Topliss-reactive ketones (excluding diaryl/α,β-unsaturated/α-hetero) is 1. The predicted molar refractivity (Wildman–Crippen MR) is 153 cm³/mol. The molecule has 2 N–H and O–H groups in total. The van der Waals surface area contributed by atoms with Gasteiger partial charge in [0.2, 0.25) is 0 Å². The minimum absolute atomic E-state index is 0.00347. The van der Waals surface area contributed by atoms with Crippen LogP contribution in [-0.4, -0.2) is 50.1 Å². The molecule has 0 unspecified atom stereocenters. The van der Waals surface area contributed by atoms with Gasteiger partial charge >= 0.3 is 5.97 Å². The summed E-state index contributed by atoms with van der Waals surface area (Å²) in [6.07, 6.45) is 1.24. The third kappa shape index (κ3) is 9.02. The average Bonchev–Trinajstić information content (AvgIpc) is 2.96. The molecule has 208 valence electrons. The van der Waals surface area contributed by atoms with Crippen LogP contribution in [0.2, 0.25) is 0 Å². The van der Waals surface area contributed by atoms with Gasteiger partial charge in [-0.1, -0.05) is 30.3 Å². The van der Waals surface area contributed by atoms with Crippen LogP contribution in [0.4, 0.5) is 5.69 Å². The summed E-state index contributed by atoms with van der Waals surface area (Å²) in [5.74, 6) is -0.761. The summed E-state index contributed by atoms with van der Waals surface area (Å²) >= 11 is 1.24. The number of hydrogen-bond acceptors (Lipinski definition) is 8. The Kier molecular flexibility index (Phi) is 11.3. The van der Waals surface area contributed by atoms with E-state index in [-0.39, 0.29) is 30.3 Å². The van der Waals surface area contributed by atoms with Gasteiger partial charge in [-0.15, -0.1) is 11.8 Å². The first-order valence-electron chi connectivity index (χ1n) is 12.3. The van der Waals surface area contributed by atoms with E-state index >= 15 is 0 Å². The van der Waals surface area contributed by atoms with Gasteiger partial charge in [0.05, 0.1) is 26.6 Å². The van der Waals surface area contributed by atoms with E-state index in [0.717, 1.165) is 0 Å². The minimum atomic E-state index is -0.556. The fourth-order valence-corrected chi connectivity index (χ4v) is 4.32. The number of carbonyl (C=O) groups is 4. The average molecular weight is 563 g/mol. The molecule has 0 saturated heterocycles. The van der Waals surface area contributed by atoms with Gasteiger partial charge in [-0.3, -0.25) is 19.2 Å². The summed E-state index contributed by atoms with van der Waals surface area (Å²) in [6, 6.07) is 20.6. The maximum absolute atomic E-state index is 13.4. The van der Waals surface area contributed by atoms with E-state index in [1.54, 1.807) is 79.7 Å². The monoisotopic (exact) mass is 562 g/mol. The number of thioether (sulfide) groups is 1. The molecule has 3 aromatic carbocycles. The fraction of sp³-hybridized carbons (Fsp3) is 0.200. The van der Waals surface area contributed by atoms with Gasteiger partial charge in [-0.25, -0.2) is 0 Å². The van der Waals surface area contributed by atoms with Crippen molar-refractivity contribution in [3.05, 3.63) is 89.6 Å². The van der Waals surface area contributed by atoms with Crippen LogP contribution in [0.25, 0.3) is 6.08 Å². The van der Waals surface area contributed by atoms with Crippen molar-refractivity contribution < 1.29 is 33.4 Å². The molecule has 0 fully saturated rings. The predicted octanol–water partition coefficient (Wildman–Crippen LogP) is 4.73. The first kappa shape index (κ1) is 30.0. The molecule has 0 aliphatic carbocycles. The van der Waals surface area contributed by atoms with Crippen molar-refractivity contribution >= 4 is 47.1 Å². The molecular weight excluding hydrogens is 532 g/mol. The molecule has 0 heterocycles. The van der Waals surface area contributed by atoms with Crippen molar-refractivity contribution in [1.82, 2.24) is 5.32 Å². The summed E-state index contributed by atoms with van der Waals surface area (Å²) < 4.78 is 15.4. The van der Waals surface area contributed by atoms with Gasteiger partial charge in [0.25, 0.3) is 11.8 Å². The highest BCUT2D eigenvalue weighted by atomic mass is 32.2. The number of hydrogen-bond donors (Lipinski definition) is 2. The number of rotatable bonds is 13. The molecule has 2 amide bonds. The quantitative estimate of drug-likeness (QED) is 0.133. The molecule has 0 bridgehead atoms. The van der Waals surface area contributed by atoms with E-state index in [2.05, 4.69) is 10.6 Å². The van der Waals surface area contributed by atoms with Gasteiger partial charge in [0.15, 0.2) is 17.3 Å². The SMILES string of the molecule is CCOC(=O)CC(=O)CSc1cccc(NC(=O)/C(=C\c2ccc(OC)c(OC)c2)NC(=O)c2ccccc2)c1. The molecule has 0 saturated carbocycles. The van der Waals surface area contributed by atoms with Crippen LogP contribution in [0.15, 0.2) is 83.4 Å². The lowest BCUT2D eigenvalue weighted by atomic mass is 10.1. The van der Waals surface area contributed by atoms with Crippen molar-refractivity contribution in [2.24, 2.45) is 0 Å². The maximum Gasteiger partial charge on any atom is 0.313 e. The first-order valence-corrected chi connectivity index (χ1v) is 13.3. The first-order chi connectivity index (χ1) is 19.3. The Hall–Kier alpha value is -4.57. The molecule has 0 aromatic heterocycles. The normalized spacial score (nSPS) is 10.8. The Balaban J connectivity index is 1.79. The summed E-state index contributed by atoms with van der Waals surface area (Å²) in [5, 5.41) is 5.49. The van der Waals surface area contributed by atoms with Crippen molar-refractivity contribution in [3.8, 4) is 11.5 Å². The largest absolute Gasteiger partial charge is 0.493 e. The molecule has 0 aliphatic rings. The second kappa shape index (κ2) is 15.1. The van der Waals surface area contributed by atoms with Crippen molar-refractivity contribution in [3.63, 3.8) is 0 Å². The molecule has 3 rings (SSSR count). The highest BCUT2D eigenvalue weighted by Gasteiger charge is 2.16. The molecule has 40 heavy (non-hydrogen) atoms. The van der Waals surface area contributed by atoms with Crippen LogP contribution in [0.5, 0.6) is 11.5 Å². The second-order valence-corrected chi connectivity index (χ2v) is 9.33. The van der Waals surface area contributed by atoms with Gasteiger partial charge < -0.3 is 24.8 Å². The van der Waals surface area contributed by atoms with E-state index in [1.165, 1.54) is 32.1 Å². The lowest BCUT2D eigenvalue weighted by Gasteiger charge is -2.13. The highest BCUT2D eigenvalue weighted by Crippen LogP contribution is 2.28. The second-order valence-electron chi connectivity index (χ2n) is 8.28. The number of ether oxygens (including phenoxy) is 3. The lowest BCUT2D eigenvalue weighted by Crippen LogP contribution is -2.30. The third-order valence-electron chi connectivity index (χ3n) is 5.39.